The van der Waals surface area contributed by atoms with E-state index in [2.05, 4.69) is 10.3 Å². The van der Waals surface area contributed by atoms with E-state index in [9.17, 15) is 18.7 Å². The number of nitrogens with zero attached hydrogens (tertiary/aromatic N) is 2. The molecule has 2 N–H and O–H groups in total. The van der Waals surface area contributed by atoms with E-state index in [0.717, 1.165) is 4.88 Å². The van der Waals surface area contributed by atoms with Crippen molar-refractivity contribution in [2.45, 2.75) is 31.5 Å². The van der Waals surface area contributed by atoms with Crippen molar-refractivity contribution in [1.29, 1.82) is 0 Å². The Hall–Kier alpha value is -2.88. The SMILES string of the molecule is C[C@]1(O)CN(CC(=O)Nc2ncc(Cc3ccccc3F)s2)CC[C@@H]1Oc1cccc(F)c1. The minimum atomic E-state index is -1.21. The zero-order valence-electron chi connectivity index (χ0n) is 18.1. The van der Waals surface area contributed by atoms with Crippen LogP contribution in [-0.4, -0.2) is 52.2 Å². The predicted octanol–water partition coefficient (Wildman–Crippen LogP) is 3.85. The summed E-state index contributed by atoms with van der Waals surface area (Å²) >= 11 is 1.30. The standard InChI is InChI=1S/C24H25F2N3O3S/c1-24(31)15-29(10-9-21(24)32-18-7-4-6-17(25)12-18)14-22(30)28-23-27-13-19(33-23)11-16-5-2-3-8-20(16)26/h2-8,12-13,21,31H,9-11,14-15H2,1H3,(H,27,28,30)/t21-,24-/m0/s1. The lowest BCUT2D eigenvalue weighted by Crippen LogP contribution is -2.58. The van der Waals surface area contributed by atoms with Crippen molar-refractivity contribution >= 4 is 22.4 Å². The van der Waals surface area contributed by atoms with Gasteiger partial charge in [0.15, 0.2) is 5.13 Å². The van der Waals surface area contributed by atoms with Gasteiger partial charge in [-0.2, -0.15) is 0 Å². The van der Waals surface area contributed by atoms with Crippen molar-refractivity contribution in [1.82, 2.24) is 9.88 Å². The van der Waals surface area contributed by atoms with Crippen LogP contribution in [0.1, 0.15) is 23.8 Å². The summed E-state index contributed by atoms with van der Waals surface area (Å²) in [6, 6.07) is 12.4. The number of nitrogens with one attached hydrogen (secondary N) is 1. The molecular weight excluding hydrogens is 448 g/mol. The molecule has 0 unspecified atom stereocenters. The average Bonchev–Trinajstić information content (AvgIpc) is 3.18. The van der Waals surface area contributed by atoms with Crippen LogP contribution < -0.4 is 10.1 Å². The number of carbonyl (C=O) groups excluding carboxylic acids is 1. The molecule has 1 aliphatic heterocycles. The Kier molecular flexibility index (Phi) is 7.02. The van der Waals surface area contributed by atoms with Crippen LogP contribution in [-0.2, 0) is 11.2 Å². The third-order valence-corrected chi connectivity index (χ3v) is 6.42. The summed E-state index contributed by atoms with van der Waals surface area (Å²) in [5.74, 6) is -0.558. The number of benzene rings is 2. The van der Waals surface area contributed by atoms with Crippen LogP contribution in [0.25, 0.3) is 0 Å². The number of likely N-dealkylation sites (tertiary alicyclic amines) is 1. The number of hydrogen-bond acceptors (Lipinski definition) is 6. The third kappa shape index (κ3) is 6.13. The van der Waals surface area contributed by atoms with Gasteiger partial charge in [-0.3, -0.25) is 9.69 Å². The number of amides is 1. The Morgan fingerprint density at radius 3 is 2.88 bits per heavy atom. The molecule has 0 radical (unpaired) electrons. The molecule has 9 heteroatoms. The van der Waals surface area contributed by atoms with Gasteiger partial charge in [0, 0.05) is 36.7 Å². The van der Waals surface area contributed by atoms with Gasteiger partial charge < -0.3 is 15.2 Å². The molecule has 1 fully saturated rings. The lowest BCUT2D eigenvalue weighted by molar-refractivity contribution is -0.123. The summed E-state index contributed by atoms with van der Waals surface area (Å²) in [5, 5.41) is 14.1. The number of piperidine rings is 1. The maximum absolute atomic E-state index is 13.8. The minimum Gasteiger partial charge on any atom is -0.487 e. The second-order valence-electron chi connectivity index (χ2n) is 8.37. The van der Waals surface area contributed by atoms with Crippen LogP contribution in [0.4, 0.5) is 13.9 Å². The number of rotatable bonds is 7. The lowest BCUT2D eigenvalue weighted by Gasteiger charge is -2.42. The lowest BCUT2D eigenvalue weighted by atomic mass is 9.91. The molecule has 0 aliphatic carbocycles. The van der Waals surface area contributed by atoms with E-state index in [1.807, 2.05) is 4.90 Å². The molecule has 0 spiro atoms. The highest BCUT2D eigenvalue weighted by molar-refractivity contribution is 7.15. The summed E-state index contributed by atoms with van der Waals surface area (Å²) in [4.78, 5) is 19.4. The van der Waals surface area contributed by atoms with Gasteiger partial charge in [0.2, 0.25) is 5.91 Å². The first-order chi connectivity index (χ1) is 15.8. The van der Waals surface area contributed by atoms with Gasteiger partial charge in [-0.25, -0.2) is 13.8 Å². The van der Waals surface area contributed by atoms with Crippen LogP contribution in [0.5, 0.6) is 5.75 Å². The highest BCUT2D eigenvalue weighted by atomic mass is 32.1. The first kappa shape index (κ1) is 23.3. The summed E-state index contributed by atoms with van der Waals surface area (Å²) in [6.07, 6.45) is 2.01. The Balaban J connectivity index is 1.29. The monoisotopic (exact) mass is 473 g/mol. The van der Waals surface area contributed by atoms with Gasteiger partial charge in [-0.1, -0.05) is 24.3 Å². The molecule has 2 heterocycles. The molecule has 2 aromatic carbocycles. The minimum absolute atomic E-state index is 0.0884. The maximum Gasteiger partial charge on any atom is 0.240 e. The van der Waals surface area contributed by atoms with E-state index in [-0.39, 0.29) is 24.8 Å². The molecule has 4 rings (SSSR count). The fourth-order valence-corrected chi connectivity index (χ4v) is 4.76. The van der Waals surface area contributed by atoms with E-state index in [4.69, 9.17) is 4.74 Å². The van der Waals surface area contributed by atoms with Crippen LogP contribution in [0.15, 0.2) is 54.7 Å². The smallest absolute Gasteiger partial charge is 0.240 e. The topological polar surface area (TPSA) is 74.7 Å². The fourth-order valence-electron chi connectivity index (χ4n) is 3.91. The second-order valence-corrected chi connectivity index (χ2v) is 9.48. The Morgan fingerprint density at radius 2 is 2.12 bits per heavy atom. The van der Waals surface area contributed by atoms with E-state index >= 15 is 0 Å². The summed E-state index contributed by atoms with van der Waals surface area (Å²) < 4.78 is 33.1. The molecule has 0 bridgehead atoms. The first-order valence-electron chi connectivity index (χ1n) is 10.6. The first-order valence-corrected chi connectivity index (χ1v) is 11.4. The van der Waals surface area contributed by atoms with E-state index in [1.165, 1.54) is 29.5 Å². The number of ether oxygens (including phenoxy) is 1. The molecular formula is C24H25F2N3O3S. The van der Waals surface area contributed by atoms with Crippen LogP contribution in [0, 0.1) is 11.6 Å². The zero-order chi connectivity index (χ0) is 23.4. The van der Waals surface area contributed by atoms with Crippen molar-refractivity contribution in [2.75, 3.05) is 25.0 Å². The zero-order valence-corrected chi connectivity index (χ0v) is 18.9. The van der Waals surface area contributed by atoms with E-state index in [0.29, 0.717) is 35.8 Å². The number of β-amino-alcohol motifs (C(OH)–C–C–N with tert-alkyl or cyclic N) is 1. The Morgan fingerprint density at radius 1 is 1.30 bits per heavy atom. The highest BCUT2D eigenvalue weighted by Gasteiger charge is 2.40. The molecule has 6 nitrogen and oxygen atoms in total. The molecule has 1 amide bonds. The van der Waals surface area contributed by atoms with Gasteiger partial charge in [0.25, 0.3) is 0 Å². The predicted molar refractivity (Wildman–Crippen MR) is 122 cm³/mol. The summed E-state index contributed by atoms with van der Waals surface area (Å²) in [6.45, 7) is 2.51. The Bertz CT molecular complexity index is 1120. The molecule has 2 atom stereocenters. The van der Waals surface area contributed by atoms with Crippen molar-refractivity contribution in [3.8, 4) is 5.75 Å². The van der Waals surface area contributed by atoms with Crippen molar-refractivity contribution in [3.05, 3.63) is 76.8 Å². The number of aliphatic hydroxyl groups is 1. The Labute approximate surface area is 194 Å². The largest absolute Gasteiger partial charge is 0.487 e. The molecule has 1 saturated heterocycles. The summed E-state index contributed by atoms with van der Waals surface area (Å²) in [7, 11) is 0. The van der Waals surface area contributed by atoms with Gasteiger partial charge in [-0.05, 0) is 37.1 Å². The fraction of sp³-hybridized carbons (Fsp3) is 0.333. The van der Waals surface area contributed by atoms with Crippen molar-refractivity contribution in [2.24, 2.45) is 0 Å². The van der Waals surface area contributed by atoms with Gasteiger partial charge in [0.05, 0.1) is 6.54 Å². The van der Waals surface area contributed by atoms with E-state index in [1.54, 1.807) is 43.5 Å². The number of aromatic nitrogens is 1. The molecule has 174 valence electrons. The number of anilines is 1. The van der Waals surface area contributed by atoms with E-state index < -0.39 is 17.5 Å². The van der Waals surface area contributed by atoms with Gasteiger partial charge in [-0.15, -0.1) is 11.3 Å². The third-order valence-electron chi connectivity index (χ3n) is 5.51. The van der Waals surface area contributed by atoms with Crippen molar-refractivity contribution < 1.29 is 23.4 Å². The molecule has 3 aromatic rings. The van der Waals surface area contributed by atoms with Crippen LogP contribution in [0.2, 0.25) is 0 Å². The number of thiazole rings is 1. The van der Waals surface area contributed by atoms with Gasteiger partial charge >= 0.3 is 0 Å². The number of halogens is 2. The molecule has 1 aliphatic rings. The summed E-state index contributed by atoms with van der Waals surface area (Å²) in [5.41, 5.74) is -0.636. The highest BCUT2D eigenvalue weighted by Crippen LogP contribution is 2.27. The van der Waals surface area contributed by atoms with Gasteiger partial charge in [0.1, 0.15) is 29.1 Å². The van der Waals surface area contributed by atoms with Crippen molar-refractivity contribution in [3.63, 3.8) is 0 Å². The van der Waals surface area contributed by atoms with Crippen LogP contribution in [0.3, 0.4) is 0 Å². The number of carbonyl (C=O) groups is 1. The average molecular weight is 474 g/mol. The molecule has 0 saturated carbocycles. The maximum atomic E-state index is 13.8. The molecule has 33 heavy (non-hydrogen) atoms. The normalized spacial score (nSPS) is 21.0. The number of hydrogen-bond donors (Lipinski definition) is 2. The van der Waals surface area contributed by atoms with Crippen LogP contribution >= 0.6 is 11.3 Å². The quantitative estimate of drug-likeness (QED) is 0.545. The molecule has 1 aromatic heterocycles. The second kappa shape index (κ2) is 9.94.